The van der Waals surface area contributed by atoms with Crippen LogP contribution in [0.5, 0.6) is 0 Å². The minimum absolute atomic E-state index is 0.0624. The zero-order chi connectivity index (χ0) is 56.1. The van der Waals surface area contributed by atoms with Crippen LogP contribution in [0.15, 0.2) is 182 Å². The Bertz CT molecular complexity index is 4010. The number of hydrogen-bond donors (Lipinski definition) is 2. The van der Waals surface area contributed by atoms with Crippen LogP contribution in [-0.2, 0) is 6.18 Å². The van der Waals surface area contributed by atoms with Crippen molar-refractivity contribution in [2.75, 3.05) is 14.1 Å². The molecule has 0 radical (unpaired) electrons. The second-order valence-electron chi connectivity index (χ2n) is 19.0. The molecule has 0 aliphatic rings. The topological polar surface area (TPSA) is 172 Å². The zero-order valence-corrected chi connectivity index (χ0v) is 44.9. The summed E-state index contributed by atoms with van der Waals surface area (Å²) in [5.41, 5.74) is 11.3. The van der Waals surface area contributed by atoms with Gasteiger partial charge in [0.25, 0.3) is 0 Å². The number of aromatic nitrogens is 12. The third-order valence-corrected chi connectivity index (χ3v) is 13.4. The Labute approximate surface area is 459 Å². The average Bonchev–Trinajstić information content (AvgIpc) is 4.24. The lowest BCUT2D eigenvalue weighted by atomic mass is 10.1. The Hall–Kier alpha value is -9.65. The summed E-state index contributed by atoms with van der Waals surface area (Å²) in [7, 11) is 3.89. The number of hydrogen-bond acceptors (Lipinski definition) is 12. The van der Waals surface area contributed by atoms with Crippen molar-refractivity contribution in [2.45, 2.75) is 52.9 Å². The molecule has 9 heterocycles. The second kappa shape index (κ2) is 23.1. The van der Waals surface area contributed by atoms with Gasteiger partial charge < -0.3 is 10.6 Å². The summed E-state index contributed by atoms with van der Waals surface area (Å²) in [5.74, 6) is 1.55. The van der Waals surface area contributed by atoms with E-state index in [4.69, 9.17) is 9.97 Å². The molecular weight excluding hydrogens is 1010 g/mol. The van der Waals surface area contributed by atoms with E-state index >= 15 is 0 Å². The van der Waals surface area contributed by atoms with E-state index < -0.39 is 11.9 Å². The van der Waals surface area contributed by atoms with Crippen LogP contribution < -0.4 is 10.6 Å². The van der Waals surface area contributed by atoms with Crippen LogP contribution in [0, 0.1) is 13.8 Å². The number of benzene rings is 3. The summed E-state index contributed by atoms with van der Waals surface area (Å²) in [5, 5.41) is 22.6. The maximum Gasteiger partial charge on any atom is 0.433 e. The number of carbonyl (C=O) groups is 1. The number of nitrogens with one attached hydrogen (secondary N) is 2. The van der Waals surface area contributed by atoms with E-state index in [1.165, 1.54) is 23.7 Å². The van der Waals surface area contributed by atoms with Crippen molar-refractivity contribution in [3.63, 3.8) is 0 Å². The summed E-state index contributed by atoms with van der Waals surface area (Å²) < 4.78 is 44.1. The van der Waals surface area contributed by atoms with Gasteiger partial charge in [-0.15, -0.1) is 0 Å². The molecule has 18 heteroatoms. The predicted octanol–water partition coefficient (Wildman–Crippen LogP) is 12.8. The minimum Gasteiger partial charge on any atom is -0.312 e. The largest absolute Gasteiger partial charge is 0.433 e. The van der Waals surface area contributed by atoms with Gasteiger partial charge in [-0.2, -0.15) is 28.5 Å². The van der Waals surface area contributed by atoms with E-state index in [-0.39, 0.29) is 23.7 Å². The third kappa shape index (κ3) is 11.8. The number of fused-ring (bicyclic) bond motifs is 3. The van der Waals surface area contributed by atoms with E-state index in [9.17, 15) is 18.0 Å². The Morgan fingerprint density at radius 1 is 0.463 bits per heavy atom. The van der Waals surface area contributed by atoms with Gasteiger partial charge in [-0.05, 0) is 133 Å². The highest BCUT2D eigenvalue weighted by Gasteiger charge is 2.33. The molecule has 0 bridgehead atoms. The van der Waals surface area contributed by atoms with Crippen LogP contribution in [0.2, 0.25) is 0 Å². The van der Waals surface area contributed by atoms with Gasteiger partial charge in [0, 0.05) is 63.2 Å². The lowest BCUT2D eigenvalue weighted by Crippen LogP contribution is -2.13. The number of pyridine rings is 6. The highest BCUT2D eigenvalue weighted by atomic mass is 19.4. The van der Waals surface area contributed by atoms with Crippen LogP contribution in [0.25, 0.3) is 83.9 Å². The third-order valence-electron chi connectivity index (χ3n) is 13.4. The van der Waals surface area contributed by atoms with Crippen LogP contribution in [0.1, 0.15) is 71.8 Å². The minimum atomic E-state index is -4.54. The summed E-state index contributed by atoms with van der Waals surface area (Å²) in [6.07, 6.45) is 0.758. The van der Waals surface area contributed by atoms with Crippen molar-refractivity contribution in [1.29, 1.82) is 0 Å². The average molecular weight is 1070 g/mol. The Morgan fingerprint density at radius 2 is 0.838 bits per heavy atom. The van der Waals surface area contributed by atoms with Crippen molar-refractivity contribution < 1.29 is 18.0 Å². The van der Waals surface area contributed by atoms with Crippen LogP contribution >= 0.6 is 0 Å². The zero-order valence-electron chi connectivity index (χ0n) is 44.9. The first kappa shape index (κ1) is 53.7. The molecule has 3 aromatic carbocycles. The Balaban J connectivity index is 0.000000135. The number of aryl methyl sites for hydroxylation is 2. The normalized spacial score (nSPS) is 12.2. The highest BCUT2D eigenvalue weighted by molar-refractivity contribution is 5.93. The number of rotatable bonds is 11. The van der Waals surface area contributed by atoms with Gasteiger partial charge in [-0.25, -0.2) is 34.0 Å². The van der Waals surface area contributed by atoms with E-state index in [1.807, 2.05) is 116 Å². The maximum atomic E-state index is 13.0. The number of carbonyl (C=O) groups excluding carboxylic acids is 1. The van der Waals surface area contributed by atoms with Crippen LogP contribution in [0.4, 0.5) is 13.2 Å². The second-order valence-corrected chi connectivity index (χ2v) is 19.0. The highest BCUT2D eigenvalue weighted by Crippen LogP contribution is 2.31. The molecule has 400 valence electrons. The SMILES string of the molecule is CC(=O)c1cccc(-c2ccc3cnn(-c4cccc(C(F)(F)F)n4)c3c2)n1.CN[C@@H](C)c1cccc(-c2ccc3cnn(-c4cccc(C)n4)c3c2)n1.CN[C@H](C)c1cccc(-c2ccc3cnn(-c4cccc(C)n4)c3c2)n1. The molecule has 0 saturated carbocycles. The van der Waals surface area contributed by atoms with Crippen LogP contribution in [0.3, 0.4) is 0 Å². The van der Waals surface area contributed by atoms with Crippen molar-refractivity contribution in [2.24, 2.45) is 0 Å². The molecule has 12 rings (SSSR count). The molecule has 15 nitrogen and oxygen atoms in total. The van der Waals surface area contributed by atoms with Gasteiger partial charge in [0.2, 0.25) is 0 Å². The summed E-state index contributed by atoms with van der Waals surface area (Å²) >= 11 is 0. The maximum absolute atomic E-state index is 13.0. The quantitative estimate of drug-likeness (QED) is 0.118. The Kier molecular flexibility index (Phi) is 15.5. The number of alkyl halides is 3. The molecule has 0 spiro atoms. The van der Waals surface area contributed by atoms with Gasteiger partial charge in [0.15, 0.2) is 23.2 Å². The number of ketones is 1. The lowest BCUT2D eigenvalue weighted by molar-refractivity contribution is -0.141. The Morgan fingerprint density at radius 3 is 1.23 bits per heavy atom. The molecule has 0 aliphatic heterocycles. The molecule has 9 aromatic heterocycles. The lowest BCUT2D eigenvalue weighted by Gasteiger charge is -2.11. The molecule has 2 atom stereocenters. The molecule has 0 unspecified atom stereocenters. The van der Waals surface area contributed by atoms with Gasteiger partial charge in [-0.3, -0.25) is 14.8 Å². The number of nitrogens with zero attached hydrogens (tertiary/aromatic N) is 12. The van der Waals surface area contributed by atoms with Gasteiger partial charge in [0.05, 0.1) is 63.6 Å². The van der Waals surface area contributed by atoms with E-state index in [0.29, 0.717) is 22.5 Å². The summed E-state index contributed by atoms with van der Waals surface area (Å²) in [6.45, 7) is 9.61. The van der Waals surface area contributed by atoms with Crippen molar-refractivity contribution >= 4 is 38.5 Å². The molecule has 0 aliphatic carbocycles. The summed E-state index contributed by atoms with van der Waals surface area (Å²) in [4.78, 5) is 38.4. The fourth-order valence-electron chi connectivity index (χ4n) is 8.87. The van der Waals surface area contributed by atoms with Gasteiger partial charge in [0.1, 0.15) is 11.4 Å². The van der Waals surface area contributed by atoms with Gasteiger partial charge in [-0.1, -0.05) is 72.8 Å². The van der Waals surface area contributed by atoms with Gasteiger partial charge >= 0.3 is 6.18 Å². The molecular formula is C62H55F3N14O. The standard InChI is InChI=1S/2C21H21N5.C20H13F3N4O/c2*1-14-6-4-9-21(24-14)26-20-12-16(10-11-17(20)13-23-26)19-8-5-7-18(25-19)15(2)22-3;1-12(28)15-4-2-5-16(25-15)13-8-9-14-11-24-27(17(14)10-13)19-7-3-6-18(26-19)20(21,22)23/h2*4-13,15,22H,1-3H3;2-11H,1H3/t2*15-;/m10./s1. The van der Waals surface area contributed by atoms with Crippen molar-refractivity contribution in [3.05, 3.63) is 217 Å². The van der Waals surface area contributed by atoms with Crippen LogP contribution in [-0.4, -0.2) is 79.1 Å². The fourth-order valence-corrected chi connectivity index (χ4v) is 8.87. The van der Waals surface area contributed by atoms with Crippen molar-refractivity contribution in [3.8, 4) is 51.2 Å². The van der Waals surface area contributed by atoms with E-state index in [0.717, 1.165) is 90.2 Å². The monoisotopic (exact) mass is 1070 g/mol. The number of halogens is 3. The smallest absolute Gasteiger partial charge is 0.312 e. The number of Topliss-reactive ketones (excluding diaryl/α,β-unsaturated/α-hetero) is 1. The first-order valence-corrected chi connectivity index (χ1v) is 25.8. The molecule has 12 aromatic rings. The molecule has 2 N–H and O–H groups in total. The van der Waals surface area contributed by atoms with Crippen molar-refractivity contribution in [1.82, 2.24) is 69.9 Å². The molecule has 0 fully saturated rings. The molecule has 0 saturated heterocycles. The first-order valence-electron chi connectivity index (χ1n) is 25.8. The molecule has 0 amide bonds. The van der Waals surface area contributed by atoms with E-state index in [2.05, 4.69) is 108 Å². The summed E-state index contributed by atoms with van der Waals surface area (Å²) in [6, 6.07) is 51.4. The van der Waals surface area contributed by atoms with E-state index in [1.54, 1.807) is 36.5 Å². The predicted molar refractivity (Wildman–Crippen MR) is 306 cm³/mol. The first-order chi connectivity index (χ1) is 38.6. The fraction of sp³-hybridized carbons (Fsp3) is 0.161. The molecule has 80 heavy (non-hydrogen) atoms.